The summed E-state index contributed by atoms with van der Waals surface area (Å²) in [4.78, 5) is 49.9. The van der Waals surface area contributed by atoms with Crippen LogP contribution < -0.4 is 16.0 Å². The van der Waals surface area contributed by atoms with Gasteiger partial charge in [-0.15, -0.1) is 0 Å². The minimum atomic E-state index is -2.32. The van der Waals surface area contributed by atoms with Gasteiger partial charge in [0.05, 0.1) is 30.3 Å². The number of hydrogen-bond donors (Lipinski definition) is 7. The molecule has 64 heavy (non-hydrogen) atoms. The molecule has 1 saturated carbocycles. The van der Waals surface area contributed by atoms with Gasteiger partial charge in [0.1, 0.15) is 18.8 Å². The molecule has 1 aromatic heterocycles. The summed E-state index contributed by atoms with van der Waals surface area (Å²) in [5.74, 6) is -1.28. The van der Waals surface area contributed by atoms with Gasteiger partial charge in [-0.2, -0.15) is 0 Å². The first-order valence-electron chi connectivity index (χ1n) is 23.3. The van der Waals surface area contributed by atoms with E-state index in [1.807, 2.05) is 56.1 Å². The number of aromatic nitrogens is 1. The summed E-state index contributed by atoms with van der Waals surface area (Å²) in [6, 6.07) is 10.3. The van der Waals surface area contributed by atoms with Crippen LogP contribution in [-0.2, 0) is 47.7 Å². The van der Waals surface area contributed by atoms with E-state index in [4.69, 9.17) is 15.2 Å². The number of anilines is 1. The van der Waals surface area contributed by atoms with E-state index in [0.717, 1.165) is 52.1 Å². The van der Waals surface area contributed by atoms with E-state index in [0.29, 0.717) is 70.2 Å². The summed E-state index contributed by atoms with van der Waals surface area (Å²) in [7, 11) is 1.86. The highest BCUT2D eigenvalue weighted by Gasteiger charge is 2.78. The van der Waals surface area contributed by atoms with Crippen LogP contribution in [0.15, 0.2) is 48.6 Å². The lowest BCUT2D eigenvalue weighted by Gasteiger charge is -2.63. The molecule has 3 fully saturated rings. The van der Waals surface area contributed by atoms with Crippen LogP contribution in [-0.4, -0.2) is 149 Å². The lowest BCUT2D eigenvalue weighted by molar-refractivity contribution is -0.203. The molecular formula is C49H66N6O9. The Hall–Kier alpha value is -4.35. The summed E-state index contributed by atoms with van der Waals surface area (Å²) in [5.41, 5.74) is 5.52. The Morgan fingerprint density at radius 2 is 1.89 bits per heavy atom. The number of aliphatic hydroxyl groups is 4. The number of aliphatic hydroxyl groups excluding tert-OH is 2. The Balaban J connectivity index is 1.24. The molecule has 1 aliphatic carbocycles. The lowest BCUT2D eigenvalue weighted by atomic mass is 9.47. The van der Waals surface area contributed by atoms with Crippen molar-refractivity contribution in [2.24, 2.45) is 17.1 Å². The van der Waals surface area contributed by atoms with Crippen molar-refractivity contribution in [1.29, 1.82) is 0 Å². The molecule has 1 amide bonds. The van der Waals surface area contributed by atoms with Crippen LogP contribution in [0.2, 0.25) is 0 Å². The van der Waals surface area contributed by atoms with Crippen LogP contribution in [0.5, 0.6) is 0 Å². The van der Waals surface area contributed by atoms with Crippen LogP contribution >= 0.6 is 0 Å². The van der Waals surface area contributed by atoms with Gasteiger partial charge < -0.3 is 50.8 Å². The molecule has 1 spiro atoms. The van der Waals surface area contributed by atoms with Gasteiger partial charge in [-0.05, 0) is 98.7 Å². The van der Waals surface area contributed by atoms with E-state index in [1.54, 1.807) is 0 Å². The number of carbonyl (C=O) groups excluding carboxylic acids is 3. The number of amides is 1. The van der Waals surface area contributed by atoms with Crippen molar-refractivity contribution >= 4 is 34.9 Å². The highest BCUT2D eigenvalue weighted by Crippen LogP contribution is 2.67. The molecule has 15 nitrogen and oxygen atoms in total. The topological polar surface area (TPSA) is 214 Å². The number of rotatable bonds is 13. The van der Waals surface area contributed by atoms with E-state index in [9.17, 15) is 34.8 Å². The monoisotopic (exact) mass is 882 g/mol. The van der Waals surface area contributed by atoms with Crippen LogP contribution in [0.4, 0.5) is 5.69 Å². The number of ether oxygens (including phenoxy) is 2. The molecule has 2 bridgehead atoms. The highest BCUT2D eigenvalue weighted by molar-refractivity contribution is 5.91. The number of piperidine rings is 1. The molecule has 15 heteroatoms. The maximum absolute atomic E-state index is 14.9. The number of H-pyrrole nitrogens is 1. The minimum Gasteiger partial charge on any atom is -0.467 e. The molecule has 0 radical (unpaired) electrons. The number of fused-ring (bicyclic) bond motifs is 6. The van der Waals surface area contributed by atoms with Crippen LogP contribution in [0.1, 0.15) is 87.2 Å². The maximum atomic E-state index is 14.9. The number of nitrogens with two attached hydrogens (primary N) is 1. The number of nitrogens with one attached hydrogen (secondary N) is 2. The van der Waals surface area contributed by atoms with Crippen molar-refractivity contribution in [2.75, 3.05) is 64.4 Å². The normalized spacial score (nSPS) is 35.6. The second-order valence-corrected chi connectivity index (χ2v) is 19.9. The summed E-state index contributed by atoms with van der Waals surface area (Å²) >= 11 is 0. The second kappa shape index (κ2) is 16.5. The molecular weight excluding hydrogens is 817 g/mol. The third kappa shape index (κ3) is 6.50. The molecule has 3 aromatic rings. The first-order valence-corrected chi connectivity index (χ1v) is 23.3. The Labute approximate surface area is 374 Å². The Morgan fingerprint density at radius 3 is 2.62 bits per heavy atom. The standard InChI is InChI=1S/C49H66N6O9/c1-5-45(61)23-31-24-47(28-63-29-57,39-34(13-18-54(25-31)27-45)33-11-7-8-12-37(33)52-39)35-22-36-38(21-32(35)26-56)53(4)42-48(36)15-19-55-17-9-14-46(6-2,41(48)55)43(59)49(42,62)44(60)51-16-10-20-64-40(58)30(3)50/h7-9,11-12,14,21-22,29-31,41-43,52,56,59,61-62H,5-6,10,13,15-20,23-28,50H2,1-4H3,(H,51,60)/t30-,31?,41?,42?,43+,45?,46+,47-,48+,49-/m0/s1. The van der Waals surface area contributed by atoms with Crippen LogP contribution in [0.25, 0.3) is 10.9 Å². The molecule has 2 saturated heterocycles. The fourth-order valence-corrected chi connectivity index (χ4v) is 13.9. The van der Waals surface area contributed by atoms with Gasteiger partial charge in [0, 0.05) is 78.9 Å². The molecule has 6 aliphatic rings. The predicted octanol–water partition coefficient (Wildman–Crippen LogP) is 2.13. The zero-order valence-corrected chi connectivity index (χ0v) is 37.6. The van der Waals surface area contributed by atoms with Crippen molar-refractivity contribution in [3.63, 3.8) is 0 Å². The van der Waals surface area contributed by atoms with Crippen molar-refractivity contribution in [3.05, 3.63) is 76.5 Å². The van der Waals surface area contributed by atoms with Crippen molar-refractivity contribution in [2.45, 2.75) is 119 Å². The van der Waals surface area contributed by atoms with Gasteiger partial charge in [-0.1, -0.05) is 50.3 Å². The first kappa shape index (κ1) is 44.8. The summed E-state index contributed by atoms with van der Waals surface area (Å²) in [6.07, 6.45) is 6.19. The van der Waals surface area contributed by atoms with Crippen LogP contribution in [0.3, 0.4) is 0 Å². The minimum absolute atomic E-state index is 0.0151. The van der Waals surface area contributed by atoms with Gasteiger partial charge in [0.25, 0.3) is 12.4 Å². The van der Waals surface area contributed by atoms with Gasteiger partial charge in [0.2, 0.25) is 0 Å². The number of likely N-dealkylation sites (N-methyl/N-ethyl adjacent to an activating group) is 1. The lowest BCUT2D eigenvalue weighted by Crippen LogP contribution is -2.81. The second-order valence-electron chi connectivity index (χ2n) is 19.9. The van der Waals surface area contributed by atoms with E-state index in [1.165, 1.54) is 6.92 Å². The smallest absolute Gasteiger partial charge is 0.322 e. The highest BCUT2D eigenvalue weighted by atomic mass is 16.5. The zero-order chi connectivity index (χ0) is 45.4. The van der Waals surface area contributed by atoms with E-state index in [2.05, 4.69) is 38.3 Å². The summed E-state index contributed by atoms with van der Waals surface area (Å²) < 4.78 is 11.2. The number of hydrogen-bond acceptors (Lipinski definition) is 13. The molecule has 4 unspecified atom stereocenters. The van der Waals surface area contributed by atoms with Gasteiger partial charge in [0.15, 0.2) is 5.60 Å². The molecule has 5 aliphatic heterocycles. The van der Waals surface area contributed by atoms with Crippen molar-refractivity contribution in [3.8, 4) is 0 Å². The fraction of sp³-hybridized carbons (Fsp3) is 0.612. The van der Waals surface area contributed by atoms with E-state index in [-0.39, 0.29) is 44.7 Å². The molecule has 11 atom stereocenters. The molecule has 8 N–H and O–H groups in total. The Kier molecular flexibility index (Phi) is 11.6. The third-order valence-corrected chi connectivity index (χ3v) is 16.5. The Morgan fingerprint density at radius 1 is 1.09 bits per heavy atom. The number of benzene rings is 2. The van der Waals surface area contributed by atoms with Crippen molar-refractivity contribution < 1.29 is 44.3 Å². The first-order chi connectivity index (χ1) is 30.7. The summed E-state index contributed by atoms with van der Waals surface area (Å²) in [5, 5.41) is 53.7. The molecule has 346 valence electrons. The average molecular weight is 883 g/mol. The van der Waals surface area contributed by atoms with Crippen molar-refractivity contribution in [1.82, 2.24) is 20.1 Å². The van der Waals surface area contributed by atoms with Gasteiger partial charge in [-0.3, -0.25) is 24.2 Å². The van der Waals surface area contributed by atoms with Gasteiger partial charge >= 0.3 is 5.97 Å². The number of esters is 1. The number of para-hydroxylation sites is 1. The molecule has 9 rings (SSSR count). The Bertz CT molecular complexity index is 2340. The van der Waals surface area contributed by atoms with E-state index >= 15 is 0 Å². The quantitative estimate of drug-likeness (QED) is 0.0568. The number of carbonyl (C=O) groups is 3. The predicted molar refractivity (Wildman–Crippen MR) is 240 cm³/mol. The number of nitrogens with zero attached hydrogens (tertiary/aromatic N) is 3. The van der Waals surface area contributed by atoms with E-state index < -0.39 is 57.5 Å². The SMILES string of the molecule is CCC1(O)CC2C[N@](CCc3c([nH]c4ccccc34)[C@@](COC=O)(c3cc4c(cc3CO)N(C)C3[C@]45CCN4CC=C[C@](CC)(C45)[C@@H](O)[C@]3(O)C(=O)NCCCOC(=O)[C@H](C)N)C2)C1. The maximum Gasteiger partial charge on any atom is 0.322 e. The zero-order valence-electron chi connectivity index (χ0n) is 37.6. The van der Waals surface area contributed by atoms with Gasteiger partial charge in [-0.25, -0.2) is 0 Å². The fourth-order valence-electron chi connectivity index (χ4n) is 13.9. The largest absolute Gasteiger partial charge is 0.467 e. The summed E-state index contributed by atoms with van der Waals surface area (Å²) in [6.45, 7) is 9.14. The third-order valence-electron chi connectivity index (χ3n) is 16.5. The average Bonchev–Trinajstić information content (AvgIpc) is 3.95. The molecule has 2 aromatic carbocycles. The van der Waals surface area contributed by atoms with Crippen LogP contribution in [0, 0.1) is 11.3 Å². The molecule has 6 heterocycles. The number of aromatic amines is 1.